The maximum absolute atomic E-state index is 5.84. The lowest BCUT2D eigenvalue weighted by Gasteiger charge is -2.08. The number of nitrogens with two attached hydrogens (primary N) is 2. The van der Waals surface area contributed by atoms with Gasteiger partial charge in [0, 0.05) is 24.2 Å². The number of hydrogen-bond donors (Lipinski definition) is 4. The van der Waals surface area contributed by atoms with Crippen LogP contribution in [0, 0.1) is 0 Å². The highest BCUT2D eigenvalue weighted by molar-refractivity contribution is 5.54. The van der Waals surface area contributed by atoms with E-state index in [2.05, 4.69) is 40.5 Å². The molecule has 2 aromatic carbocycles. The zero-order valence-corrected chi connectivity index (χ0v) is 16.0. The van der Waals surface area contributed by atoms with E-state index in [0.717, 1.165) is 11.4 Å². The first-order valence-corrected chi connectivity index (χ1v) is 9.29. The molecule has 2 aromatic heterocycles. The van der Waals surface area contributed by atoms with Gasteiger partial charge in [-0.15, -0.1) is 0 Å². The number of nitrogens with zero attached hydrogens (tertiary/aromatic N) is 6. The second-order valence-electron chi connectivity index (χ2n) is 6.35. The Labute approximate surface area is 172 Å². The molecule has 0 amide bonds. The number of nitrogens with one attached hydrogen (secondary N) is 2. The van der Waals surface area contributed by atoms with Crippen LogP contribution in [0.2, 0.25) is 0 Å². The smallest absolute Gasteiger partial charge is 0.232 e. The Bertz CT molecular complexity index is 1030. The number of para-hydroxylation sites is 2. The fraction of sp³-hybridized carbons (Fsp3) is 0.100. The van der Waals surface area contributed by atoms with Crippen LogP contribution in [0.3, 0.4) is 0 Å². The molecule has 10 heteroatoms. The number of nitrogen functional groups attached to an aromatic ring is 2. The van der Waals surface area contributed by atoms with Crippen molar-refractivity contribution < 1.29 is 0 Å². The molecule has 0 saturated heterocycles. The Morgan fingerprint density at radius 3 is 1.33 bits per heavy atom. The molecular formula is C20H20N10. The lowest BCUT2D eigenvalue weighted by atomic mass is 10.3. The van der Waals surface area contributed by atoms with Gasteiger partial charge in [0.15, 0.2) is 0 Å². The van der Waals surface area contributed by atoms with Gasteiger partial charge < -0.3 is 22.1 Å². The second-order valence-corrected chi connectivity index (χ2v) is 6.35. The first-order chi connectivity index (χ1) is 14.6. The summed E-state index contributed by atoms with van der Waals surface area (Å²) in [5.41, 5.74) is 13.4. The third kappa shape index (κ3) is 5.13. The van der Waals surface area contributed by atoms with E-state index in [-0.39, 0.29) is 11.9 Å². The van der Waals surface area contributed by atoms with Crippen molar-refractivity contribution in [1.82, 2.24) is 29.9 Å². The average Bonchev–Trinajstić information content (AvgIpc) is 2.73. The second kappa shape index (κ2) is 8.78. The molecule has 0 radical (unpaired) electrons. The fourth-order valence-electron chi connectivity index (χ4n) is 2.74. The molecule has 4 aromatic rings. The minimum Gasteiger partial charge on any atom is -0.368 e. The lowest BCUT2D eigenvalue weighted by Crippen LogP contribution is -2.11. The van der Waals surface area contributed by atoms with Crippen molar-refractivity contribution in [2.24, 2.45) is 0 Å². The predicted octanol–water partition coefficient (Wildman–Crippen LogP) is 2.49. The highest BCUT2D eigenvalue weighted by Crippen LogP contribution is 2.15. The molecule has 0 aliphatic carbocycles. The quantitative estimate of drug-likeness (QED) is 0.364. The van der Waals surface area contributed by atoms with Gasteiger partial charge in [0.05, 0.1) is 0 Å². The van der Waals surface area contributed by atoms with Gasteiger partial charge in [-0.05, 0) is 24.3 Å². The van der Waals surface area contributed by atoms with Crippen LogP contribution in [0.5, 0.6) is 0 Å². The Hall–Kier alpha value is -4.34. The van der Waals surface area contributed by atoms with E-state index in [1.54, 1.807) is 0 Å². The van der Waals surface area contributed by atoms with E-state index < -0.39 is 0 Å². The Morgan fingerprint density at radius 1 is 0.533 bits per heavy atom. The van der Waals surface area contributed by atoms with Crippen molar-refractivity contribution in [3.05, 3.63) is 72.3 Å². The molecule has 0 aliphatic rings. The molecule has 0 fully saturated rings. The van der Waals surface area contributed by atoms with Gasteiger partial charge in [0.1, 0.15) is 11.6 Å². The molecule has 0 atom stereocenters. The standard InChI is InChI=1S/C20H20N10/c21-17-25-15(27-19(29-17)23-13-7-3-1-4-8-13)11-12-16-26-18(22)30-20(28-16)24-14-9-5-2-6-10-14/h1-10H,11-12H2,(H3,21,23,25,27,29)(H3,22,24,26,28,30). The topological polar surface area (TPSA) is 153 Å². The van der Waals surface area contributed by atoms with Crippen molar-refractivity contribution in [2.75, 3.05) is 22.1 Å². The number of aryl methyl sites for hydroxylation is 2. The monoisotopic (exact) mass is 400 g/mol. The lowest BCUT2D eigenvalue weighted by molar-refractivity contribution is 0.793. The van der Waals surface area contributed by atoms with E-state index >= 15 is 0 Å². The summed E-state index contributed by atoms with van der Waals surface area (Å²) in [7, 11) is 0. The first kappa shape index (κ1) is 19.0. The number of rotatable bonds is 7. The maximum atomic E-state index is 5.84. The van der Waals surface area contributed by atoms with Gasteiger partial charge in [0.2, 0.25) is 23.8 Å². The van der Waals surface area contributed by atoms with Crippen molar-refractivity contribution in [3.63, 3.8) is 0 Å². The first-order valence-electron chi connectivity index (χ1n) is 9.29. The molecule has 0 spiro atoms. The zero-order chi connectivity index (χ0) is 20.8. The van der Waals surface area contributed by atoms with Gasteiger partial charge in [-0.25, -0.2) is 0 Å². The molecule has 10 nitrogen and oxygen atoms in total. The van der Waals surface area contributed by atoms with E-state index in [1.807, 2.05) is 60.7 Å². The van der Waals surface area contributed by atoms with Crippen LogP contribution >= 0.6 is 0 Å². The molecule has 6 N–H and O–H groups in total. The molecule has 0 bridgehead atoms. The Morgan fingerprint density at radius 2 is 0.933 bits per heavy atom. The molecule has 0 saturated carbocycles. The molecule has 150 valence electrons. The number of anilines is 6. The highest BCUT2D eigenvalue weighted by Gasteiger charge is 2.09. The van der Waals surface area contributed by atoms with Crippen LogP contribution in [0.4, 0.5) is 35.2 Å². The summed E-state index contributed by atoms with van der Waals surface area (Å²) in [6, 6.07) is 19.2. The van der Waals surface area contributed by atoms with E-state index in [1.165, 1.54) is 0 Å². The average molecular weight is 400 g/mol. The van der Waals surface area contributed by atoms with Gasteiger partial charge in [0.25, 0.3) is 0 Å². The SMILES string of the molecule is Nc1nc(CCc2nc(N)nc(Nc3ccccc3)n2)nc(Nc2ccccc2)n1. The summed E-state index contributed by atoms with van der Waals surface area (Å²) < 4.78 is 0. The van der Waals surface area contributed by atoms with Gasteiger partial charge >= 0.3 is 0 Å². The Kier molecular flexibility index (Phi) is 5.56. The molecule has 2 heterocycles. The third-order valence-electron chi connectivity index (χ3n) is 4.03. The summed E-state index contributed by atoms with van der Waals surface area (Å²) >= 11 is 0. The van der Waals surface area contributed by atoms with Crippen LogP contribution in [-0.2, 0) is 12.8 Å². The number of aromatic nitrogens is 6. The number of benzene rings is 2. The Balaban J connectivity index is 1.46. The number of hydrogen-bond acceptors (Lipinski definition) is 10. The predicted molar refractivity (Wildman–Crippen MR) is 115 cm³/mol. The van der Waals surface area contributed by atoms with Gasteiger partial charge in [-0.2, -0.15) is 29.9 Å². The minimum atomic E-state index is 0.139. The van der Waals surface area contributed by atoms with Gasteiger partial charge in [-0.1, -0.05) is 36.4 Å². The summed E-state index contributed by atoms with van der Waals surface area (Å²) in [5, 5.41) is 6.23. The minimum absolute atomic E-state index is 0.139. The highest BCUT2D eigenvalue weighted by atomic mass is 15.2. The van der Waals surface area contributed by atoms with E-state index in [4.69, 9.17) is 11.5 Å². The largest absolute Gasteiger partial charge is 0.368 e. The maximum Gasteiger partial charge on any atom is 0.232 e. The molecular weight excluding hydrogens is 380 g/mol. The fourth-order valence-corrected chi connectivity index (χ4v) is 2.74. The van der Waals surface area contributed by atoms with Crippen LogP contribution in [0.1, 0.15) is 11.6 Å². The van der Waals surface area contributed by atoms with Crippen LogP contribution in [0.15, 0.2) is 60.7 Å². The van der Waals surface area contributed by atoms with Crippen molar-refractivity contribution in [1.29, 1.82) is 0 Å². The summed E-state index contributed by atoms with van der Waals surface area (Å²) in [6.45, 7) is 0. The summed E-state index contributed by atoms with van der Waals surface area (Å²) in [5.74, 6) is 2.09. The van der Waals surface area contributed by atoms with Crippen molar-refractivity contribution in [2.45, 2.75) is 12.8 Å². The van der Waals surface area contributed by atoms with E-state index in [0.29, 0.717) is 36.4 Å². The molecule has 4 rings (SSSR count). The van der Waals surface area contributed by atoms with Crippen molar-refractivity contribution >= 4 is 35.2 Å². The van der Waals surface area contributed by atoms with Crippen LogP contribution < -0.4 is 22.1 Å². The van der Waals surface area contributed by atoms with Gasteiger partial charge in [-0.3, -0.25) is 0 Å². The zero-order valence-electron chi connectivity index (χ0n) is 16.0. The molecule has 0 unspecified atom stereocenters. The molecule has 30 heavy (non-hydrogen) atoms. The molecule has 0 aliphatic heterocycles. The summed E-state index contributed by atoms with van der Waals surface area (Å²) in [4.78, 5) is 25.5. The van der Waals surface area contributed by atoms with E-state index in [9.17, 15) is 0 Å². The normalized spacial score (nSPS) is 10.5. The van der Waals surface area contributed by atoms with Crippen LogP contribution in [0.25, 0.3) is 0 Å². The van der Waals surface area contributed by atoms with Crippen LogP contribution in [-0.4, -0.2) is 29.9 Å². The van der Waals surface area contributed by atoms with Crippen molar-refractivity contribution in [3.8, 4) is 0 Å². The summed E-state index contributed by atoms with van der Waals surface area (Å²) in [6.07, 6.45) is 0.925. The third-order valence-corrected chi connectivity index (χ3v) is 4.03.